The summed E-state index contributed by atoms with van der Waals surface area (Å²) in [6, 6.07) is 3.21. The van der Waals surface area contributed by atoms with Crippen molar-refractivity contribution >= 4 is 0 Å². The minimum Gasteiger partial charge on any atom is -0.387 e. The van der Waals surface area contributed by atoms with Gasteiger partial charge in [-0.2, -0.15) is 0 Å². The summed E-state index contributed by atoms with van der Waals surface area (Å²) in [5.41, 5.74) is 0.0431. The molecule has 0 aromatic heterocycles. The molecular formula is C15H22F2N2O. The Labute approximate surface area is 118 Å². The highest BCUT2D eigenvalue weighted by atomic mass is 19.1. The molecule has 1 unspecified atom stereocenters. The summed E-state index contributed by atoms with van der Waals surface area (Å²) < 4.78 is 26.8. The predicted molar refractivity (Wildman–Crippen MR) is 74.5 cm³/mol. The quantitative estimate of drug-likeness (QED) is 0.916. The van der Waals surface area contributed by atoms with Crippen molar-refractivity contribution < 1.29 is 13.9 Å². The van der Waals surface area contributed by atoms with Crippen LogP contribution in [0.15, 0.2) is 18.2 Å². The highest BCUT2D eigenvalue weighted by Crippen LogP contribution is 2.20. The Hall–Kier alpha value is -1.04. The number of aliphatic hydroxyl groups is 1. The molecule has 3 nitrogen and oxygen atoms in total. The lowest BCUT2D eigenvalue weighted by molar-refractivity contribution is 0.111. The van der Waals surface area contributed by atoms with Gasteiger partial charge in [-0.25, -0.2) is 8.78 Å². The van der Waals surface area contributed by atoms with Crippen molar-refractivity contribution in [2.24, 2.45) is 0 Å². The number of nitrogens with zero attached hydrogens (tertiary/aromatic N) is 2. The van der Waals surface area contributed by atoms with Crippen LogP contribution in [0, 0.1) is 11.6 Å². The molecule has 0 saturated carbocycles. The summed E-state index contributed by atoms with van der Waals surface area (Å²) in [4.78, 5) is 4.47. The Morgan fingerprint density at radius 3 is 2.60 bits per heavy atom. The van der Waals surface area contributed by atoms with Gasteiger partial charge in [-0.15, -0.1) is 0 Å². The molecule has 1 aliphatic heterocycles. The zero-order chi connectivity index (χ0) is 14.5. The zero-order valence-corrected chi connectivity index (χ0v) is 11.9. The fourth-order valence-electron chi connectivity index (χ4n) is 2.64. The molecule has 1 fully saturated rings. The van der Waals surface area contributed by atoms with Gasteiger partial charge in [0.25, 0.3) is 0 Å². The van der Waals surface area contributed by atoms with E-state index in [4.69, 9.17) is 0 Å². The molecule has 0 spiro atoms. The van der Waals surface area contributed by atoms with Crippen LogP contribution in [0.5, 0.6) is 0 Å². The molecule has 2 rings (SSSR count). The number of hydrogen-bond acceptors (Lipinski definition) is 3. The summed E-state index contributed by atoms with van der Waals surface area (Å²) in [7, 11) is 0. The summed E-state index contributed by atoms with van der Waals surface area (Å²) in [6.07, 6.45) is 0.0468. The van der Waals surface area contributed by atoms with Crippen molar-refractivity contribution in [3.8, 4) is 0 Å². The normalized spacial score (nSPS) is 19.8. The molecule has 1 heterocycles. The van der Waals surface area contributed by atoms with Gasteiger partial charge < -0.3 is 10.0 Å². The molecule has 112 valence electrons. The second kappa shape index (κ2) is 7.11. The number of aliphatic hydroxyl groups excluding tert-OH is 1. The monoisotopic (exact) mass is 284 g/mol. The molecule has 1 aromatic rings. The first-order chi connectivity index (χ1) is 9.60. The average molecular weight is 284 g/mol. The lowest BCUT2D eigenvalue weighted by atomic mass is 10.1. The Morgan fingerprint density at radius 2 is 1.85 bits per heavy atom. The van der Waals surface area contributed by atoms with Crippen LogP contribution >= 0.6 is 0 Å². The summed E-state index contributed by atoms with van der Waals surface area (Å²) in [6.45, 7) is 7.23. The van der Waals surface area contributed by atoms with E-state index in [9.17, 15) is 13.9 Å². The number of benzene rings is 1. The minimum absolute atomic E-state index is 0.0431. The molecule has 0 amide bonds. The lowest BCUT2D eigenvalue weighted by Gasteiger charge is -2.24. The third kappa shape index (κ3) is 3.98. The summed E-state index contributed by atoms with van der Waals surface area (Å²) >= 11 is 0. The summed E-state index contributed by atoms with van der Waals surface area (Å²) in [5, 5.41) is 10.1. The minimum atomic E-state index is -0.987. The standard InChI is InChI=1S/C15H22F2N2O/c1-2-18-6-3-7-19(9-8-18)11-15(20)13-10-12(16)4-5-14(13)17/h4-5,10,15,20H,2-3,6-9,11H2,1H3. The fraction of sp³-hybridized carbons (Fsp3) is 0.600. The van der Waals surface area contributed by atoms with Gasteiger partial charge in [-0.05, 0) is 44.3 Å². The van der Waals surface area contributed by atoms with E-state index in [0.717, 1.165) is 57.3 Å². The van der Waals surface area contributed by atoms with E-state index in [2.05, 4.69) is 16.7 Å². The van der Waals surface area contributed by atoms with Crippen molar-refractivity contribution in [2.45, 2.75) is 19.4 Å². The van der Waals surface area contributed by atoms with Crippen molar-refractivity contribution in [3.63, 3.8) is 0 Å². The molecule has 1 N–H and O–H groups in total. The number of halogens is 2. The van der Waals surface area contributed by atoms with Crippen molar-refractivity contribution in [2.75, 3.05) is 39.3 Å². The lowest BCUT2D eigenvalue weighted by Crippen LogP contribution is -2.33. The van der Waals surface area contributed by atoms with E-state index in [0.29, 0.717) is 6.54 Å². The molecule has 20 heavy (non-hydrogen) atoms. The van der Waals surface area contributed by atoms with Crippen molar-refractivity contribution in [1.29, 1.82) is 0 Å². The molecule has 1 aromatic carbocycles. The van der Waals surface area contributed by atoms with Crippen LogP contribution in [0.25, 0.3) is 0 Å². The average Bonchev–Trinajstić information content (AvgIpc) is 2.66. The maximum absolute atomic E-state index is 13.6. The second-order valence-corrected chi connectivity index (χ2v) is 5.27. The van der Waals surface area contributed by atoms with Gasteiger partial charge in [0, 0.05) is 25.2 Å². The molecule has 1 aliphatic rings. The fourth-order valence-corrected chi connectivity index (χ4v) is 2.64. The molecule has 5 heteroatoms. The van der Waals surface area contributed by atoms with Crippen LogP contribution in [-0.4, -0.2) is 54.2 Å². The number of likely N-dealkylation sites (N-methyl/N-ethyl adjacent to an activating group) is 1. The highest BCUT2D eigenvalue weighted by molar-refractivity contribution is 5.21. The van der Waals surface area contributed by atoms with E-state index in [1.807, 2.05) is 0 Å². The Bertz CT molecular complexity index is 442. The molecule has 1 saturated heterocycles. The van der Waals surface area contributed by atoms with Gasteiger partial charge in [0.2, 0.25) is 0 Å². The first-order valence-electron chi connectivity index (χ1n) is 7.18. The van der Waals surface area contributed by atoms with Crippen LogP contribution in [0.2, 0.25) is 0 Å². The van der Waals surface area contributed by atoms with Crippen molar-refractivity contribution in [1.82, 2.24) is 9.80 Å². The van der Waals surface area contributed by atoms with Gasteiger partial charge >= 0.3 is 0 Å². The molecule has 1 atom stereocenters. The maximum Gasteiger partial charge on any atom is 0.129 e. The molecule has 0 aliphatic carbocycles. The van der Waals surface area contributed by atoms with Gasteiger partial charge in [-0.1, -0.05) is 6.92 Å². The van der Waals surface area contributed by atoms with Gasteiger partial charge in [0.05, 0.1) is 6.10 Å². The Morgan fingerprint density at radius 1 is 1.15 bits per heavy atom. The third-order valence-corrected chi connectivity index (χ3v) is 3.88. The highest BCUT2D eigenvalue weighted by Gasteiger charge is 2.20. The molecule has 0 radical (unpaired) electrons. The third-order valence-electron chi connectivity index (χ3n) is 3.88. The topological polar surface area (TPSA) is 26.7 Å². The summed E-state index contributed by atoms with van der Waals surface area (Å²) in [5.74, 6) is -1.07. The van der Waals surface area contributed by atoms with E-state index < -0.39 is 17.7 Å². The van der Waals surface area contributed by atoms with Crippen LogP contribution in [0.4, 0.5) is 8.78 Å². The SMILES string of the molecule is CCN1CCCN(CC(O)c2cc(F)ccc2F)CC1. The zero-order valence-electron chi connectivity index (χ0n) is 11.9. The van der Waals surface area contributed by atoms with E-state index in [1.54, 1.807) is 0 Å². The second-order valence-electron chi connectivity index (χ2n) is 5.27. The van der Waals surface area contributed by atoms with E-state index in [-0.39, 0.29) is 5.56 Å². The number of hydrogen-bond donors (Lipinski definition) is 1. The van der Waals surface area contributed by atoms with Crippen LogP contribution in [0.1, 0.15) is 25.0 Å². The van der Waals surface area contributed by atoms with Crippen LogP contribution < -0.4 is 0 Å². The maximum atomic E-state index is 13.6. The van der Waals surface area contributed by atoms with Gasteiger partial charge in [0.1, 0.15) is 11.6 Å². The smallest absolute Gasteiger partial charge is 0.129 e. The van der Waals surface area contributed by atoms with Crippen molar-refractivity contribution in [3.05, 3.63) is 35.4 Å². The number of rotatable bonds is 4. The Kier molecular flexibility index (Phi) is 5.46. The van der Waals surface area contributed by atoms with Crippen LogP contribution in [-0.2, 0) is 0 Å². The molecular weight excluding hydrogens is 262 g/mol. The Balaban J connectivity index is 1.97. The van der Waals surface area contributed by atoms with Gasteiger partial charge in [0.15, 0.2) is 0 Å². The molecule has 0 bridgehead atoms. The van der Waals surface area contributed by atoms with E-state index >= 15 is 0 Å². The van der Waals surface area contributed by atoms with E-state index in [1.165, 1.54) is 0 Å². The number of β-amino-alcohol motifs (C(OH)–C–C–N with tert-alkyl or cyclic N) is 1. The largest absolute Gasteiger partial charge is 0.387 e. The van der Waals surface area contributed by atoms with Crippen LogP contribution in [0.3, 0.4) is 0 Å². The first kappa shape index (κ1) is 15.4. The van der Waals surface area contributed by atoms with Gasteiger partial charge in [-0.3, -0.25) is 4.90 Å². The first-order valence-corrected chi connectivity index (χ1v) is 7.18. The predicted octanol–water partition coefficient (Wildman–Crippen LogP) is 2.03.